The van der Waals surface area contributed by atoms with Gasteiger partial charge >= 0.3 is 0 Å². The molecule has 0 aromatic heterocycles. The maximum absolute atomic E-state index is 12.8. The highest BCUT2D eigenvalue weighted by atomic mass is 32.2. The summed E-state index contributed by atoms with van der Waals surface area (Å²) in [5.41, 5.74) is 1.75. The number of nitrogens with one attached hydrogen (secondary N) is 1. The second kappa shape index (κ2) is 10.6. The van der Waals surface area contributed by atoms with Crippen molar-refractivity contribution in [1.29, 1.82) is 0 Å². The monoisotopic (exact) mass is 430 g/mol. The number of nitrogens with zero attached hydrogens (tertiary/aromatic N) is 1. The molecule has 1 saturated heterocycles. The molecule has 1 fully saturated rings. The minimum Gasteiger partial charge on any atom is -0.492 e. The first-order valence-corrected chi connectivity index (χ1v) is 12.1. The van der Waals surface area contributed by atoms with E-state index in [1.165, 1.54) is 4.31 Å². The fourth-order valence-corrected chi connectivity index (χ4v) is 5.31. The second-order valence-electron chi connectivity index (χ2n) is 7.52. The molecule has 2 aromatic rings. The average Bonchev–Trinajstić information content (AvgIpc) is 2.76. The summed E-state index contributed by atoms with van der Waals surface area (Å²) in [6.07, 6.45) is 2.66. The molecule has 1 heterocycles. The van der Waals surface area contributed by atoms with E-state index >= 15 is 0 Å². The van der Waals surface area contributed by atoms with E-state index in [0.717, 1.165) is 12.0 Å². The molecule has 7 heteroatoms. The number of aryl methyl sites for hydroxylation is 1. The second-order valence-corrected chi connectivity index (χ2v) is 9.61. The van der Waals surface area contributed by atoms with Crippen molar-refractivity contribution >= 4 is 21.6 Å². The third kappa shape index (κ3) is 6.06. The van der Waals surface area contributed by atoms with Crippen LogP contribution in [0.2, 0.25) is 0 Å². The summed E-state index contributed by atoms with van der Waals surface area (Å²) in [5, 5.41) is 2.92. The molecular weight excluding hydrogens is 400 g/mol. The van der Waals surface area contributed by atoms with Crippen molar-refractivity contribution in [3.63, 3.8) is 0 Å². The highest BCUT2D eigenvalue weighted by molar-refractivity contribution is 7.89. The molecule has 1 aliphatic rings. The zero-order valence-electron chi connectivity index (χ0n) is 17.4. The number of hydrogen-bond acceptors (Lipinski definition) is 4. The van der Waals surface area contributed by atoms with Crippen molar-refractivity contribution in [2.75, 3.05) is 30.8 Å². The highest BCUT2D eigenvalue weighted by Gasteiger charge is 2.32. The number of piperidine rings is 1. The lowest BCUT2D eigenvalue weighted by molar-refractivity contribution is -0.120. The van der Waals surface area contributed by atoms with Crippen molar-refractivity contribution in [3.8, 4) is 5.75 Å². The van der Waals surface area contributed by atoms with E-state index in [1.807, 2.05) is 55.5 Å². The van der Waals surface area contributed by atoms with Gasteiger partial charge in [-0.3, -0.25) is 4.79 Å². The van der Waals surface area contributed by atoms with Gasteiger partial charge in [-0.05, 0) is 50.3 Å². The van der Waals surface area contributed by atoms with E-state index in [9.17, 15) is 13.2 Å². The summed E-state index contributed by atoms with van der Waals surface area (Å²) >= 11 is 0. The van der Waals surface area contributed by atoms with Crippen LogP contribution in [-0.2, 0) is 21.2 Å². The Labute approximate surface area is 179 Å². The summed E-state index contributed by atoms with van der Waals surface area (Å²) in [7, 11) is -3.38. The van der Waals surface area contributed by atoms with Crippen molar-refractivity contribution in [2.24, 2.45) is 5.92 Å². The van der Waals surface area contributed by atoms with Gasteiger partial charge in [-0.25, -0.2) is 12.7 Å². The lowest BCUT2D eigenvalue weighted by Crippen LogP contribution is -2.44. The summed E-state index contributed by atoms with van der Waals surface area (Å²) in [6.45, 7) is 3.11. The molecule has 2 aromatic carbocycles. The summed E-state index contributed by atoms with van der Waals surface area (Å²) < 4.78 is 32.7. The average molecular weight is 431 g/mol. The number of carbonyl (C=O) groups is 1. The van der Waals surface area contributed by atoms with E-state index in [0.29, 0.717) is 43.9 Å². The minimum atomic E-state index is -3.38. The molecule has 162 valence electrons. The molecule has 3 rings (SSSR count). The number of amides is 1. The lowest BCUT2D eigenvalue weighted by atomic mass is 9.98. The Balaban J connectivity index is 1.56. The zero-order valence-corrected chi connectivity index (χ0v) is 18.2. The standard InChI is InChI=1S/C23H30N2O4S/c1-2-29-22-15-7-6-14-21(22)24-23(26)20-13-8-16-25(18-20)30(27,28)17-9-12-19-10-4-3-5-11-19/h3-7,10-11,14-15,20H,2,8-9,12-13,16-18H2,1H3,(H,24,26)/t20-/m0/s1. The minimum absolute atomic E-state index is 0.101. The molecule has 0 radical (unpaired) electrons. The highest BCUT2D eigenvalue weighted by Crippen LogP contribution is 2.26. The van der Waals surface area contributed by atoms with E-state index < -0.39 is 10.0 Å². The van der Waals surface area contributed by atoms with Crippen LogP contribution in [0.5, 0.6) is 5.75 Å². The topological polar surface area (TPSA) is 75.7 Å². The first kappa shape index (κ1) is 22.3. The number of para-hydroxylation sites is 2. The quantitative estimate of drug-likeness (QED) is 0.658. The molecule has 0 spiro atoms. The smallest absolute Gasteiger partial charge is 0.228 e. The SMILES string of the molecule is CCOc1ccccc1NC(=O)[C@H]1CCCN(S(=O)(=O)CCCc2ccccc2)C1. The summed E-state index contributed by atoms with van der Waals surface area (Å²) in [5.74, 6) is 0.196. The van der Waals surface area contributed by atoms with E-state index in [1.54, 1.807) is 6.07 Å². The molecule has 0 aliphatic carbocycles. The number of hydrogen-bond donors (Lipinski definition) is 1. The number of sulfonamides is 1. The third-order valence-electron chi connectivity index (χ3n) is 5.30. The summed E-state index contributed by atoms with van der Waals surface area (Å²) in [4.78, 5) is 12.8. The Hall–Kier alpha value is -2.38. The van der Waals surface area contributed by atoms with Gasteiger partial charge in [-0.2, -0.15) is 0 Å². The number of carbonyl (C=O) groups excluding carboxylic acids is 1. The molecule has 0 unspecified atom stereocenters. The van der Waals surface area contributed by atoms with Crippen LogP contribution in [0.3, 0.4) is 0 Å². The van der Waals surface area contributed by atoms with Gasteiger partial charge in [0.1, 0.15) is 5.75 Å². The Kier molecular flexibility index (Phi) is 7.87. The first-order chi connectivity index (χ1) is 14.5. The number of rotatable bonds is 9. The molecule has 1 aliphatic heterocycles. The van der Waals surface area contributed by atoms with Gasteiger partial charge in [0.2, 0.25) is 15.9 Å². The van der Waals surface area contributed by atoms with Gasteiger partial charge in [0.05, 0.1) is 24.0 Å². The predicted octanol–water partition coefficient (Wildman–Crippen LogP) is 3.70. The molecule has 0 saturated carbocycles. The van der Waals surface area contributed by atoms with E-state index in [-0.39, 0.29) is 24.1 Å². The van der Waals surface area contributed by atoms with Crippen LogP contribution in [0, 0.1) is 5.92 Å². The molecule has 30 heavy (non-hydrogen) atoms. The third-order valence-corrected chi connectivity index (χ3v) is 7.23. The van der Waals surface area contributed by atoms with Crippen LogP contribution in [0.25, 0.3) is 0 Å². The fourth-order valence-electron chi connectivity index (χ4n) is 3.73. The molecular formula is C23H30N2O4S. The van der Waals surface area contributed by atoms with Crippen LogP contribution in [0.15, 0.2) is 54.6 Å². The normalized spacial score (nSPS) is 17.4. The largest absolute Gasteiger partial charge is 0.492 e. The van der Waals surface area contributed by atoms with Crippen LogP contribution >= 0.6 is 0 Å². The molecule has 1 amide bonds. The lowest BCUT2D eigenvalue weighted by Gasteiger charge is -2.31. The van der Waals surface area contributed by atoms with Gasteiger partial charge in [0, 0.05) is 13.1 Å². The zero-order chi connectivity index (χ0) is 21.4. The Bertz CT molecular complexity index is 931. The van der Waals surface area contributed by atoms with Crippen molar-refractivity contribution in [3.05, 3.63) is 60.2 Å². The number of ether oxygens (including phenoxy) is 1. The van der Waals surface area contributed by atoms with Gasteiger partial charge < -0.3 is 10.1 Å². The first-order valence-electron chi connectivity index (χ1n) is 10.5. The van der Waals surface area contributed by atoms with Crippen molar-refractivity contribution in [2.45, 2.75) is 32.6 Å². The number of anilines is 1. The fraction of sp³-hybridized carbons (Fsp3) is 0.435. The molecule has 6 nitrogen and oxygen atoms in total. The Morgan fingerprint density at radius 2 is 1.87 bits per heavy atom. The molecule has 1 N–H and O–H groups in total. The maximum atomic E-state index is 12.8. The van der Waals surface area contributed by atoms with Gasteiger partial charge in [0.25, 0.3) is 0 Å². The summed E-state index contributed by atoms with van der Waals surface area (Å²) in [6, 6.07) is 17.2. The number of benzene rings is 2. The van der Waals surface area contributed by atoms with Crippen molar-refractivity contribution in [1.82, 2.24) is 4.31 Å². The van der Waals surface area contributed by atoms with Crippen LogP contribution < -0.4 is 10.1 Å². The van der Waals surface area contributed by atoms with Crippen LogP contribution in [0.4, 0.5) is 5.69 Å². The van der Waals surface area contributed by atoms with Crippen LogP contribution in [-0.4, -0.2) is 44.1 Å². The van der Waals surface area contributed by atoms with E-state index in [4.69, 9.17) is 4.74 Å². The van der Waals surface area contributed by atoms with Gasteiger partial charge in [0.15, 0.2) is 0 Å². The van der Waals surface area contributed by atoms with Gasteiger partial charge in [-0.15, -0.1) is 0 Å². The maximum Gasteiger partial charge on any atom is 0.228 e. The van der Waals surface area contributed by atoms with Crippen molar-refractivity contribution < 1.29 is 17.9 Å². The Morgan fingerprint density at radius 1 is 1.13 bits per heavy atom. The molecule has 0 bridgehead atoms. The van der Waals surface area contributed by atoms with E-state index in [2.05, 4.69) is 5.32 Å². The molecule has 1 atom stereocenters. The van der Waals surface area contributed by atoms with Gasteiger partial charge in [-0.1, -0.05) is 42.5 Å². The predicted molar refractivity (Wildman–Crippen MR) is 119 cm³/mol. The Morgan fingerprint density at radius 3 is 2.63 bits per heavy atom. The van der Waals surface area contributed by atoms with Crippen LogP contribution in [0.1, 0.15) is 31.7 Å².